The first-order valence-corrected chi connectivity index (χ1v) is 6.27. The number of urea groups is 1. The maximum atomic E-state index is 11.6. The third-order valence-corrected chi connectivity index (χ3v) is 4.42. The fraction of sp³-hybridized carbons (Fsp3) is 0.700. The zero-order chi connectivity index (χ0) is 11.8. The van der Waals surface area contributed by atoms with Gasteiger partial charge in [-0.05, 0) is 25.5 Å². The van der Waals surface area contributed by atoms with Gasteiger partial charge in [-0.1, -0.05) is 0 Å². The molecule has 2 heterocycles. The number of hydrogen-bond donors (Lipinski definition) is 1. The highest BCUT2D eigenvalue weighted by molar-refractivity contribution is 8.00. The molecule has 6 heteroatoms. The minimum absolute atomic E-state index is 0.0482. The highest BCUT2D eigenvalue weighted by Crippen LogP contribution is 2.38. The van der Waals surface area contributed by atoms with Crippen LogP contribution in [0.1, 0.15) is 26.2 Å². The number of amides is 4. The van der Waals surface area contributed by atoms with Crippen molar-refractivity contribution in [2.45, 2.75) is 30.9 Å². The van der Waals surface area contributed by atoms with Crippen molar-refractivity contribution in [3.05, 3.63) is 0 Å². The van der Waals surface area contributed by atoms with Crippen LogP contribution in [0.2, 0.25) is 0 Å². The third-order valence-electron chi connectivity index (χ3n) is 2.90. The lowest BCUT2D eigenvalue weighted by Gasteiger charge is -2.32. The Morgan fingerprint density at radius 1 is 1.44 bits per heavy atom. The van der Waals surface area contributed by atoms with Crippen molar-refractivity contribution in [2.24, 2.45) is 0 Å². The summed E-state index contributed by atoms with van der Waals surface area (Å²) < 4.78 is -0.0482. The van der Waals surface area contributed by atoms with Gasteiger partial charge in [-0.25, -0.2) is 4.79 Å². The molecule has 0 bridgehead atoms. The molecule has 0 spiro atoms. The Hall–Kier alpha value is -1.04. The molecule has 2 saturated heterocycles. The number of imide groups is 2. The summed E-state index contributed by atoms with van der Waals surface area (Å²) in [6.45, 7) is 2.46. The van der Waals surface area contributed by atoms with Crippen LogP contribution in [0, 0.1) is 0 Å². The number of rotatable bonds is 2. The molecule has 4 amide bonds. The fourth-order valence-corrected chi connectivity index (χ4v) is 3.32. The highest BCUT2D eigenvalue weighted by Gasteiger charge is 2.38. The second kappa shape index (κ2) is 4.08. The molecule has 1 unspecified atom stereocenters. The second-order valence-corrected chi connectivity index (χ2v) is 6.09. The van der Waals surface area contributed by atoms with E-state index >= 15 is 0 Å². The maximum Gasteiger partial charge on any atom is 0.330 e. The molecule has 1 atom stereocenters. The van der Waals surface area contributed by atoms with Crippen molar-refractivity contribution in [3.63, 3.8) is 0 Å². The Labute approximate surface area is 97.9 Å². The molecule has 0 aromatic rings. The number of carbonyl (C=O) groups is 3. The van der Waals surface area contributed by atoms with Crippen molar-refractivity contribution in [1.29, 1.82) is 0 Å². The molecule has 0 aromatic carbocycles. The van der Waals surface area contributed by atoms with Gasteiger partial charge < -0.3 is 0 Å². The van der Waals surface area contributed by atoms with Crippen molar-refractivity contribution < 1.29 is 14.4 Å². The summed E-state index contributed by atoms with van der Waals surface area (Å²) in [4.78, 5) is 35.2. The molecule has 1 N–H and O–H groups in total. The lowest BCUT2D eigenvalue weighted by Crippen LogP contribution is -2.55. The van der Waals surface area contributed by atoms with Gasteiger partial charge in [-0.3, -0.25) is 19.8 Å². The molecule has 0 aromatic heterocycles. The molecule has 0 radical (unpaired) electrons. The smallest absolute Gasteiger partial charge is 0.277 e. The van der Waals surface area contributed by atoms with Crippen LogP contribution in [0.15, 0.2) is 0 Å². The van der Waals surface area contributed by atoms with Crippen molar-refractivity contribution in [3.8, 4) is 0 Å². The standard InChI is InChI=1S/C10H14N2O3S/c1-10(3-2-4-16-10)6-12-8(14)5-7(13)11-9(12)15/h2-6H2,1H3,(H,11,13,15). The molecule has 2 aliphatic heterocycles. The van der Waals surface area contributed by atoms with E-state index in [2.05, 4.69) is 12.2 Å². The molecule has 0 aliphatic carbocycles. The first-order chi connectivity index (χ1) is 7.50. The minimum Gasteiger partial charge on any atom is -0.277 e. The maximum absolute atomic E-state index is 11.6. The van der Waals surface area contributed by atoms with Crippen LogP contribution in [0.5, 0.6) is 0 Å². The predicted molar refractivity (Wildman–Crippen MR) is 60.0 cm³/mol. The summed E-state index contributed by atoms with van der Waals surface area (Å²) in [5.41, 5.74) is 0. The van der Waals surface area contributed by atoms with Gasteiger partial charge in [0.1, 0.15) is 6.42 Å². The number of carbonyl (C=O) groups excluding carboxylic acids is 3. The van der Waals surface area contributed by atoms with Crippen LogP contribution in [-0.4, -0.2) is 39.8 Å². The van der Waals surface area contributed by atoms with E-state index < -0.39 is 11.9 Å². The number of thioether (sulfide) groups is 1. The Bertz CT molecular complexity index is 330. The van der Waals surface area contributed by atoms with Crippen LogP contribution >= 0.6 is 11.8 Å². The lowest BCUT2D eigenvalue weighted by molar-refractivity contribution is -0.136. The summed E-state index contributed by atoms with van der Waals surface area (Å²) >= 11 is 1.78. The SMILES string of the molecule is CC1(CN2C(=O)CC(=O)NC2=O)CCCS1. The van der Waals surface area contributed by atoms with Gasteiger partial charge in [0.15, 0.2) is 0 Å². The predicted octanol–water partition coefficient (Wildman–Crippen LogP) is 0.741. The zero-order valence-corrected chi connectivity index (χ0v) is 9.93. The van der Waals surface area contributed by atoms with E-state index in [4.69, 9.17) is 0 Å². The molecule has 0 saturated carbocycles. The number of nitrogens with one attached hydrogen (secondary N) is 1. The van der Waals surface area contributed by atoms with E-state index in [1.807, 2.05) is 0 Å². The highest BCUT2D eigenvalue weighted by atomic mass is 32.2. The molecule has 5 nitrogen and oxygen atoms in total. The van der Waals surface area contributed by atoms with Crippen molar-refractivity contribution in [2.75, 3.05) is 12.3 Å². The average molecular weight is 242 g/mol. The van der Waals surface area contributed by atoms with Gasteiger partial charge in [0.25, 0.3) is 0 Å². The quantitative estimate of drug-likeness (QED) is 0.725. The van der Waals surface area contributed by atoms with Crippen molar-refractivity contribution in [1.82, 2.24) is 10.2 Å². The number of hydrogen-bond acceptors (Lipinski definition) is 4. The molecule has 2 aliphatic rings. The van der Waals surface area contributed by atoms with Crippen LogP contribution in [0.25, 0.3) is 0 Å². The molecule has 88 valence electrons. The Morgan fingerprint density at radius 3 is 2.75 bits per heavy atom. The van der Waals surface area contributed by atoms with E-state index in [1.54, 1.807) is 11.8 Å². The van der Waals surface area contributed by atoms with E-state index in [-0.39, 0.29) is 17.1 Å². The van der Waals surface area contributed by atoms with E-state index in [1.165, 1.54) is 4.90 Å². The first-order valence-electron chi connectivity index (χ1n) is 5.28. The summed E-state index contributed by atoms with van der Waals surface area (Å²) in [6, 6.07) is -0.574. The third kappa shape index (κ3) is 2.21. The Balaban J connectivity index is 2.06. The Morgan fingerprint density at radius 2 is 2.19 bits per heavy atom. The summed E-state index contributed by atoms with van der Waals surface area (Å²) in [5, 5.41) is 2.17. The van der Waals surface area contributed by atoms with Gasteiger partial charge in [0.2, 0.25) is 11.8 Å². The summed E-state index contributed by atoms with van der Waals surface area (Å²) in [7, 11) is 0. The minimum atomic E-state index is -0.574. The van der Waals surface area contributed by atoms with Gasteiger partial charge in [0.05, 0.1) is 0 Å². The van der Waals surface area contributed by atoms with Crippen molar-refractivity contribution >= 4 is 29.6 Å². The topological polar surface area (TPSA) is 66.5 Å². The van der Waals surface area contributed by atoms with Gasteiger partial charge in [-0.15, -0.1) is 0 Å². The normalized spacial score (nSPS) is 30.8. The van der Waals surface area contributed by atoms with Crippen LogP contribution in [0.3, 0.4) is 0 Å². The van der Waals surface area contributed by atoms with Crippen LogP contribution < -0.4 is 5.32 Å². The Kier molecular flexibility index (Phi) is 2.92. The zero-order valence-electron chi connectivity index (χ0n) is 9.12. The van der Waals surface area contributed by atoms with E-state index in [0.717, 1.165) is 18.6 Å². The second-order valence-electron chi connectivity index (χ2n) is 4.41. The molecule has 16 heavy (non-hydrogen) atoms. The van der Waals surface area contributed by atoms with Gasteiger partial charge in [-0.2, -0.15) is 11.8 Å². The molecular formula is C10H14N2O3S. The first kappa shape index (κ1) is 11.4. The monoisotopic (exact) mass is 242 g/mol. The van der Waals surface area contributed by atoms with Gasteiger partial charge >= 0.3 is 6.03 Å². The number of barbiturate groups is 1. The molecule has 2 fully saturated rings. The lowest BCUT2D eigenvalue weighted by atomic mass is 10.0. The van der Waals surface area contributed by atoms with Gasteiger partial charge in [0, 0.05) is 11.3 Å². The van der Waals surface area contributed by atoms with E-state index in [9.17, 15) is 14.4 Å². The fourth-order valence-electron chi connectivity index (χ4n) is 2.03. The molecular weight excluding hydrogens is 228 g/mol. The molecule has 2 rings (SSSR count). The summed E-state index contributed by atoms with van der Waals surface area (Å²) in [6.07, 6.45) is 1.90. The van der Waals surface area contributed by atoms with Crippen LogP contribution in [-0.2, 0) is 9.59 Å². The van der Waals surface area contributed by atoms with Crippen LogP contribution in [0.4, 0.5) is 4.79 Å². The summed E-state index contributed by atoms with van der Waals surface area (Å²) in [5.74, 6) is 0.178. The van der Waals surface area contributed by atoms with E-state index in [0.29, 0.717) is 6.54 Å². The largest absolute Gasteiger partial charge is 0.330 e. The average Bonchev–Trinajstić information content (AvgIpc) is 2.59. The number of nitrogens with zero attached hydrogens (tertiary/aromatic N) is 1.